The van der Waals surface area contributed by atoms with Crippen molar-refractivity contribution in [1.29, 1.82) is 0 Å². The molecule has 0 fully saturated rings. The first-order chi connectivity index (χ1) is 9.58. The van der Waals surface area contributed by atoms with E-state index in [-0.39, 0.29) is 5.78 Å². The highest BCUT2D eigenvalue weighted by Crippen LogP contribution is 2.18. The Labute approximate surface area is 119 Å². The monoisotopic (exact) mass is 268 g/mol. The van der Waals surface area contributed by atoms with Gasteiger partial charge < -0.3 is 11.1 Å². The standard InChI is InChI=1S/C17H20N2O/c1-12-5-3-4-6-14(12)9-10-19-15-7-8-17(18)16(11-15)13(2)20/h3-8,11,19H,9-10,18H2,1-2H3. The Hall–Kier alpha value is -2.29. The third-order valence-electron chi connectivity index (χ3n) is 3.42. The summed E-state index contributed by atoms with van der Waals surface area (Å²) in [6.45, 7) is 4.47. The van der Waals surface area contributed by atoms with Crippen molar-refractivity contribution in [2.24, 2.45) is 0 Å². The SMILES string of the molecule is CC(=O)c1cc(NCCc2ccccc2C)ccc1N. The van der Waals surface area contributed by atoms with Crippen LogP contribution in [0.2, 0.25) is 0 Å². The highest BCUT2D eigenvalue weighted by molar-refractivity contribution is 6.00. The maximum atomic E-state index is 11.5. The second-order valence-corrected chi connectivity index (χ2v) is 4.96. The largest absolute Gasteiger partial charge is 0.398 e. The average Bonchev–Trinajstić information content (AvgIpc) is 2.42. The zero-order valence-electron chi connectivity index (χ0n) is 11.9. The van der Waals surface area contributed by atoms with Crippen LogP contribution in [-0.4, -0.2) is 12.3 Å². The van der Waals surface area contributed by atoms with Crippen LogP contribution in [0.4, 0.5) is 11.4 Å². The van der Waals surface area contributed by atoms with E-state index in [9.17, 15) is 4.79 Å². The van der Waals surface area contributed by atoms with Crippen molar-refractivity contribution in [2.45, 2.75) is 20.3 Å². The number of rotatable bonds is 5. The lowest BCUT2D eigenvalue weighted by Gasteiger charge is -2.10. The fourth-order valence-electron chi connectivity index (χ4n) is 2.20. The van der Waals surface area contributed by atoms with Gasteiger partial charge in [0, 0.05) is 23.5 Å². The number of nitrogen functional groups attached to an aromatic ring is 1. The first-order valence-corrected chi connectivity index (χ1v) is 6.77. The van der Waals surface area contributed by atoms with Gasteiger partial charge in [-0.05, 0) is 49.6 Å². The second-order valence-electron chi connectivity index (χ2n) is 4.96. The van der Waals surface area contributed by atoms with Gasteiger partial charge in [0.2, 0.25) is 0 Å². The molecule has 3 N–H and O–H groups in total. The molecule has 0 amide bonds. The van der Waals surface area contributed by atoms with Crippen LogP contribution in [0, 0.1) is 6.92 Å². The molecule has 0 aromatic heterocycles. The number of Topliss-reactive ketones (excluding diaryl/α,β-unsaturated/α-hetero) is 1. The topological polar surface area (TPSA) is 55.1 Å². The number of ketones is 1. The number of hydrogen-bond acceptors (Lipinski definition) is 3. The first kappa shape index (κ1) is 14.1. The van der Waals surface area contributed by atoms with Gasteiger partial charge in [0.1, 0.15) is 0 Å². The van der Waals surface area contributed by atoms with Crippen LogP contribution in [0.1, 0.15) is 28.4 Å². The van der Waals surface area contributed by atoms with Crippen molar-refractivity contribution in [2.75, 3.05) is 17.6 Å². The molecule has 0 aliphatic heterocycles. The number of benzene rings is 2. The van der Waals surface area contributed by atoms with Gasteiger partial charge in [-0.3, -0.25) is 4.79 Å². The molecule has 0 aliphatic rings. The summed E-state index contributed by atoms with van der Waals surface area (Å²) in [7, 11) is 0. The minimum atomic E-state index is -0.00921. The van der Waals surface area contributed by atoms with Gasteiger partial charge in [0.05, 0.1) is 0 Å². The molecule has 0 bridgehead atoms. The van der Waals surface area contributed by atoms with Crippen molar-refractivity contribution in [3.05, 3.63) is 59.2 Å². The first-order valence-electron chi connectivity index (χ1n) is 6.77. The van der Waals surface area contributed by atoms with E-state index < -0.39 is 0 Å². The summed E-state index contributed by atoms with van der Waals surface area (Å²) < 4.78 is 0. The Morgan fingerprint density at radius 3 is 2.65 bits per heavy atom. The number of anilines is 2. The average molecular weight is 268 g/mol. The van der Waals surface area contributed by atoms with Crippen LogP contribution < -0.4 is 11.1 Å². The zero-order chi connectivity index (χ0) is 14.5. The number of hydrogen-bond donors (Lipinski definition) is 2. The summed E-state index contributed by atoms with van der Waals surface area (Å²) in [5.74, 6) is -0.00921. The van der Waals surface area contributed by atoms with Crippen molar-refractivity contribution < 1.29 is 4.79 Å². The van der Waals surface area contributed by atoms with E-state index in [0.717, 1.165) is 18.7 Å². The summed E-state index contributed by atoms with van der Waals surface area (Å²) in [5, 5.41) is 3.34. The highest BCUT2D eigenvalue weighted by atomic mass is 16.1. The molecule has 104 valence electrons. The predicted octanol–water partition coefficient (Wildman–Crippen LogP) is 3.43. The molecule has 2 rings (SSSR count). The van der Waals surface area contributed by atoms with Gasteiger partial charge in [-0.15, -0.1) is 0 Å². The maximum absolute atomic E-state index is 11.5. The molecular formula is C17H20N2O. The molecular weight excluding hydrogens is 248 g/mol. The van der Waals surface area contributed by atoms with Crippen molar-refractivity contribution in [3.63, 3.8) is 0 Å². The van der Waals surface area contributed by atoms with Crippen LogP contribution in [0.5, 0.6) is 0 Å². The van der Waals surface area contributed by atoms with Crippen molar-refractivity contribution in [3.8, 4) is 0 Å². The lowest BCUT2D eigenvalue weighted by molar-refractivity contribution is 0.101. The smallest absolute Gasteiger partial charge is 0.161 e. The molecule has 0 spiro atoms. The van der Waals surface area contributed by atoms with Gasteiger partial charge >= 0.3 is 0 Å². The highest BCUT2D eigenvalue weighted by Gasteiger charge is 2.05. The molecule has 2 aromatic carbocycles. The minimum absolute atomic E-state index is 0.00921. The minimum Gasteiger partial charge on any atom is -0.398 e. The molecule has 0 saturated carbocycles. The van der Waals surface area contributed by atoms with E-state index in [2.05, 4.69) is 30.4 Å². The lowest BCUT2D eigenvalue weighted by atomic mass is 10.1. The number of carbonyl (C=O) groups is 1. The Bertz CT molecular complexity index is 620. The molecule has 3 heteroatoms. The summed E-state index contributed by atoms with van der Waals surface area (Å²) in [4.78, 5) is 11.5. The molecule has 0 atom stereocenters. The summed E-state index contributed by atoms with van der Waals surface area (Å²) >= 11 is 0. The van der Waals surface area contributed by atoms with Gasteiger partial charge in [0.15, 0.2) is 5.78 Å². The molecule has 0 unspecified atom stereocenters. The van der Waals surface area contributed by atoms with Crippen LogP contribution in [0.3, 0.4) is 0 Å². The van der Waals surface area contributed by atoms with Crippen LogP contribution >= 0.6 is 0 Å². The fraction of sp³-hybridized carbons (Fsp3) is 0.235. The van der Waals surface area contributed by atoms with Gasteiger partial charge in [0.25, 0.3) is 0 Å². The number of nitrogens with two attached hydrogens (primary N) is 1. The third-order valence-corrected chi connectivity index (χ3v) is 3.42. The molecule has 0 radical (unpaired) electrons. The Kier molecular flexibility index (Phi) is 4.41. The van der Waals surface area contributed by atoms with Gasteiger partial charge in [-0.25, -0.2) is 0 Å². The molecule has 3 nitrogen and oxygen atoms in total. The quantitative estimate of drug-likeness (QED) is 0.645. The third kappa shape index (κ3) is 3.38. The predicted molar refractivity (Wildman–Crippen MR) is 84.2 cm³/mol. The molecule has 0 heterocycles. The Morgan fingerprint density at radius 1 is 1.20 bits per heavy atom. The van der Waals surface area contributed by atoms with E-state index in [4.69, 9.17) is 5.73 Å². The van der Waals surface area contributed by atoms with E-state index in [1.807, 2.05) is 18.2 Å². The fourth-order valence-corrected chi connectivity index (χ4v) is 2.20. The van der Waals surface area contributed by atoms with E-state index >= 15 is 0 Å². The summed E-state index contributed by atoms with van der Waals surface area (Å²) in [5.41, 5.74) is 10.5. The van der Waals surface area contributed by atoms with Gasteiger partial charge in [-0.1, -0.05) is 24.3 Å². The molecule has 0 saturated heterocycles. The van der Waals surface area contributed by atoms with Crippen LogP contribution in [0.15, 0.2) is 42.5 Å². The van der Waals surface area contributed by atoms with E-state index in [1.54, 1.807) is 6.07 Å². The normalized spacial score (nSPS) is 10.3. The van der Waals surface area contributed by atoms with Crippen LogP contribution in [-0.2, 0) is 6.42 Å². The maximum Gasteiger partial charge on any atom is 0.161 e. The summed E-state index contributed by atoms with van der Waals surface area (Å²) in [6.07, 6.45) is 0.951. The molecule has 20 heavy (non-hydrogen) atoms. The Balaban J connectivity index is 2.00. The molecule has 0 aliphatic carbocycles. The second kappa shape index (κ2) is 6.24. The van der Waals surface area contributed by atoms with E-state index in [1.165, 1.54) is 18.1 Å². The number of aryl methyl sites for hydroxylation is 1. The van der Waals surface area contributed by atoms with Crippen molar-refractivity contribution in [1.82, 2.24) is 0 Å². The zero-order valence-corrected chi connectivity index (χ0v) is 11.9. The summed E-state index contributed by atoms with van der Waals surface area (Å²) in [6, 6.07) is 13.8. The number of carbonyl (C=O) groups excluding carboxylic acids is 1. The van der Waals surface area contributed by atoms with E-state index in [0.29, 0.717) is 11.3 Å². The number of nitrogens with one attached hydrogen (secondary N) is 1. The Morgan fingerprint density at radius 2 is 1.95 bits per heavy atom. The lowest BCUT2D eigenvalue weighted by Crippen LogP contribution is -2.07. The molecule has 2 aromatic rings. The van der Waals surface area contributed by atoms with Crippen molar-refractivity contribution >= 4 is 17.2 Å². The van der Waals surface area contributed by atoms with Gasteiger partial charge in [-0.2, -0.15) is 0 Å². The van der Waals surface area contributed by atoms with Crippen LogP contribution in [0.25, 0.3) is 0 Å².